The molecule has 2 aromatic rings. The number of esters is 1. The summed E-state index contributed by atoms with van der Waals surface area (Å²) < 4.78 is 42.2. The second-order valence-electron chi connectivity index (χ2n) is 4.97. The predicted octanol–water partition coefficient (Wildman–Crippen LogP) is 3.70. The lowest BCUT2D eigenvalue weighted by atomic mass is 10.3. The molecule has 122 valence electrons. The number of halogens is 2. The van der Waals surface area contributed by atoms with Crippen LogP contribution >= 0.6 is 0 Å². The van der Waals surface area contributed by atoms with Crippen LogP contribution in [0.2, 0.25) is 0 Å². The molecule has 0 N–H and O–H groups in total. The standard InChI is InChI=1S/C17H16F2O4/c1-11(2)21-16(20)17(22-14-7-3-5-12(18)9-14)23-15-8-4-6-13(19)10-15/h3-11,17H,1-2H3. The van der Waals surface area contributed by atoms with Crippen molar-refractivity contribution in [1.29, 1.82) is 0 Å². The van der Waals surface area contributed by atoms with Crippen LogP contribution in [0.1, 0.15) is 13.8 Å². The Balaban J connectivity index is 2.19. The van der Waals surface area contributed by atoms with Crippen LogP contribution < -0.4 is 9.47 Å². The van der Waals surface area contributed by atoms with E-state index in [1.165, 1.54) is 36.4 Å². The Hall–Kier alpha value is -2.63. The molecule has 0 amide bonds. The van der Waals surface area contributed by atoms with Crippen molar-refractivity contribution < 1.29 is 27.8 Å². The fraction of sp³-hybridized carbons (Fsp3) is 0.235. The summed E-state index contributed by atoms with van der Waals surface area (Å²) in [6.07, 6.45) is -1.88. The minimum Gasteiger partial charge on any atom is -0.457 e. The summed E-state index contributed by atoms with van der Waals surface area (Å²) in [5, 5.41) is 0. The van der Waals surface area contributed by atoms with Gasteiger partial charge in [0.1, 0.15) is 23.1 Å². The van der Waals surface area contributed by atoms with E-state index in [0.29, 0.717) is 0 Å². The van der Waals surface area contributed by atoms with Crippen molar-refractivity contribution >= 4 is 5.97 Å². The zero-order valence-corrected chi connectivity index (χ0v) is 12.7. The van der Waals surface area contributed by atoms with Crippen molar-refractivity contribution in [2.75, 3.05) is 0 Å². The molecule has 6 heteroatoms. The summed E-state index contributed by atoms with van der Waals surface area (Å²) in [5.41, 5.74) is 0. The van der Waals surface area contributed by atoms with Crippen LogP contribution in [0.5, 0.6) is 11.5 Å². The molecule has 0 aromatic heterocycles. The fourth-order valence-electron chi connectivity index (χ4n) is 1.74. The van der Waals surface area contributed by atoms with Gasteiger partial charge in [-0.25, -0.2) is 13.6 Å². The zero-order chi connectivity index (χ0) is 16.8. The smallest absolute Gasteiger partial charge is 0.389 e. The molecular formula is C17H16F2O4. The quantitative estimate of drug-likeness (QED) is 0.601. The van der Waals surface area contributed by atoms with E-state index < -0.39 is 30.0 Å². The molecule has 0 saturated heterocycles. The molecule has 2 aromatic carbocycles. The first kappa shape index (κ1) is 16.7. The topological polar surface area (TPSA) is 44.8 Å². The van der Waals surface area contributed by atoms with Gasteiger partial charge in [0, 0.05) is 12.1 Å². The van der Waals surface area contributed by atoms with Gasteiger partial charge >= 0.3 is 12.3 Å². The van der Waals surface area contributed by atoms with Crippen LogP contribution in [0, 0.1) is 11.6 Å². The molecule has 0 aliphatic rings. The van der Waals surface area contributed by atoms with Gasteiger partial charge in [0.2, 0.25) is 0 Å². The van der Waals surface area contributed by atoms with Crippen LogP contribution in [0.3, 0.4) is 0 Å². The average Bonchev–Trinajstić information content (AvgIpc) is 2.46. The molecule has 0 bridgehead atoms. The molecule has 0 spiro atoms. The maximum Gasteiger partial charge on any atom is 0.389 e. The Labute approximate surface area is 132 Å². The molecule has 23 heavy (non-hydrogen) atoms. The molecule has 0 heterocycles. The number of ether oxygens (including phenoxy) is 3. The first-order valence-electron chi connectivity index (χ1n) is 6.99. The Morgan fingerprint density at radius 1 is 0.913 bits per heavy atom. The third-order valence-electron chi connectivity index (χ3n) is 2.62. The number of carbonyl (C=O) groups is 1. The molecule has 0 atom stereocenters. The number of hydrogen-bond donors (Lipinski definition) is 0. The van der Waals surface area contributed by atoms with Gasteiger partial charge in [-0.3, -0.25) is 0 Å². The average molecular weight is 322 g/mol. The van der Waals surface area contributed by atoms with Gasteiger partial charge in [0.25, 0.3) is 0 Å². The maximum atomic E-state index is 13.2. The summed E-state index contributed by atoms with van der Waals surface area (Å²) in [4.78, 5) is 12.1. The van der Waals surface area contributed by atoms with E-state index in [1.807, 2.05) is 0 Å². The summed E-state index contributed by atoms with van der Waals surface area (Å²) in [6.45, 7) is 3.33. The minimum absolute atomic E-state index is 0.0899. The molecule has 0 unspecified atom stereocenters. The molecule has 2 rings (SSSR count). The van der Waals surface area contributed by atoms with E-state index in [-0.39, 0.29) is 11.5 Å². The number of hydrogen-bond acceptors (Lipinski definition) is 4. The van der Waals surface area contributed by atoms with Gasteiger partial charge in [0.05, 0.1) is 6.10 Å². The summed E-state index contributed by atoms with van der Waals surface area (Å²) in [5.74, 6) is -1.67. The van der Waals surface area contributed by atoms with Crippen molar-refractivity contribution in [2.24, 2.45) is 0 Å². The first-order chi connectivity index (χ1) is 10.9. The van der Waals surface area contributed by atoms with Crippen LogP contribution in [-0.4, -0.2) is 18.4 Å². The molecule has 4 nitrogen and oxygen atoms in total. The van der Waals surface area contributed by atoms with Crippen LogP contribution in [0.4, 0.5) is 8.78 Å². The van der Waals surface area contributed by atoms with Gasteiger partial charge < -0.3 is 14.2 Å². The van der Waals surface area contributed by atoms with Crippen LogP contribution in [-0.2, 0) is 9.53 Å². The number of carbonyl (C=O) groups excluding carboxylic acids is 1. The van der Waals surface area contributed by atoms with E-state index in [9.17, 15) is 13.6 Å². The maximum absolute atomic E-state index is 13.2. The third kappa shape index (κ3) is 5.25. The van der Waals surface area contributed by atoms with Crippen molar-refractivity contribution in [3.63, 3.8) is 0 Å². The van der Waals surface area contributed by atoms with E-state index >= 15 is 0 Å². The van der Waals surface area contributed by atoms with Crippen molar-refractivity contribution in [3.8, 4) is 11.5 Å². The largest absolute Gasteiger partial charge is 0.457 e. The van der Waals surface area contributed by atoms with Crippen molar-refractivity contribution in [2.45, 2.75) is 26.2 Å². The Morgan fingerprint density at radius 3 is 1.78 bits per heavy atom. The lowest BCUT2D eigenvalue weighted by Crippen LogP contribution is -2.36. The SMILES string of the molecule is CC(C)OC(=O)C(Oc1cccc(F)c1)Oc1cccc(F)c1. The monoisotopic (exact) mass is 322 g/mol. The first-order valence-corrected chi connectivity index (χ1v) is 6.99. The van der Waals surface area contributed by atoms with E-state index in [4.69, 9.17) is 14.2 Å². The third-order valence-corrected chi connectivity index (χ3v) is 2.62. The van der Waals surface area contributed by atoms with E-state index in [0.717, 1.165) is 12.1 Å². The Morgan fingerprint density at radius 2 is 1.39 bits per heavy atom. The van der Waals surface area contributed by atoms with Gasteiger partial charge in [-0.05, 0) is 38.1 Å². The van der Waals surface area contributed by atoms with E-state index in [1.54, 1.807) is 13.8 Å². The molecular weight excluding hydrogens is 306 g/mol. The minimum atomic E-state index is -1.49. The summed E-state index contributed by atoms with van der Waals surface area (Å²) in [6, 6.07) is 10.5. The van der Waals surface area contributed by atoms with Gasteiger partial charge in [-0.2, -0.15) is 0 Å². The van der Waals surface area contributed by atoms with E-state index in [2.05, 4.69) is 0 Å². The summed E-state index contributed by atoms with van der Waals surface area (Å²) >= 11 is 0. The zero-order valence-electron chi connectivity index (χ0n) is 12.7. The van der Waals surface area contributed by atoms with Gasteiger partial charge in [-0.1, -0.05) is 12.1 Å². The van der Waals surface area contributed by atoms with Crippen LogP contribution in [0.15, 0.2) is 48.5 Å². The molecule has 0 aliphatic heterocycles. The van der Waals surface area contributed by atoms with Crippen molar-refractivity contribution in [3.05, 3.63) is 60.2 Å². The molecule has 0 radical (unpaired) electrons. The predicted molar refractivity (Wildman–Crippen MR) is 79.1 cm³/mol. The Bertz CT molecular complexity index is 626. The second-order valence-corrected chi connectivity index (χ2v) is 4.97. The van der Waals surface area contributed by atoms with Gasteiger partial charge in [-0.15, -0.1) is 0 Å². The number of benzene rings is 2. The molecule has 0 saturated carbocycles. The lowest BCUT2D eigenvalue weighted by molar-refractivity contribution is -0.169. The molecule has 0 aliphatic carbocycles. The highest BCUT2D eigenvalue weighted by Crippen LogP contribution is 2.19. The second kappa shape index (κ2) is 7.58. The Kier molecular flexibility index (Phi) is 5.51. The highest BCUT2D eigenvalue weighted by Gasteiger charge is 2.26. The highest BCUT2D eigenvalue weighted by molar-refractivity contribution is 5.74. The van der Waals surface area contributed by atoms with Crippen LogP contribution in [0.25, 0.3) is 0 Å². The van der Waals surface area contributed by atoms with Gasteiger partial charge in [0.15, 0.2) is 0 Å². The highest BCUT2D eigenvalue weighted by atomic mass is 19.1. The summed E-state index contributed by atoms with van der Waals surface area (Å²) in [7, 11) is 0. The van der Waals surface area contributed by atoms with Crippen molar-refractivity contribution in [1.82, 2.24) is 0 Å². The fourth-order valence-corrected chi connectivity index (χ4v) is 1.74. The molecule has 0 fully saturated rings. The normalized spacial score (nSPS) is 10.7. The lowest BCUT2D eigenvalue weighted by Gasteiger charge is -2.20. The number of rotatable bonds is 6.